The van der Waals surface area contributed by atoms with E-state index in [0.29, 0.717) is 19.1 Å². The minimum Gasteiger partial charge on any atom is -0.356 e. The molecule has 0 aliphatic heterocycles. The molecule has 23 heavy (non-hydrogen) atoms. The predicted molar refractivity (Wildman–Crippen MR) is 97.2 cm³/mol. The smallest absolute Gasteiger partial charge is 0.208 e. The summed E-state index contributed by atoms with van der Waals surface area (Å²) < 4.78 is 24.4. The standard InChI is InChI=1S/C16H34N4O2S/c1-14(10-11-15-8-5-4-6-9-15)20-16(17-2)18-12-7-13-19-23(3,21)22/h14-15,19H,4-13H2,1-3H3,(H2,17,18,20). The lowest BCUT2D eigenvalue weighted by Gasteiger charge is -2.24. The minimum absolute atomic E-state index is 0.400. The molecule has 0 heterocycles. The van der Waals surface area contributed by atoms with Crippen LogP contribution in [0.25, 0.3) is 0 Å². The fourth-order valence-corrected chi connectivity index (χ4v) is 3.53. The van der Waals surface area contributed by atoms with E-state index in [1.807, 2.05) is 0 Å². The number of hydrogen-bond acceptors (Lipinski definition) is 3. The van der Waals surface area contributed by atoms with Gasteiger partial charge in [-0.3, -0.25) is 4.99 Å². The molecule has 0 radical (unpaired) electrons. The van der Waals surface area contributed by atoms with Gasteiger partial charge in [0, 0.05) is 26.2 Å². The lowest BCUT2D eigenvalue weighted by Crippen LogP contribution is -2.43. The maximum Gasteiger partial charge on any atom is 0.208 e. The van der Waals surface area contributed by atoms with E-state index in [9.17, 15) is 8.42 Å². The largest absolute Gasteiger partial charge is 0.356 e. The molecule has 0 bridgehead atoms. The highest BCUT2D eigenvalue weighted by Crippen LogP contribution is 2.27. The fraction of sp³-hybridized carbons (Fsp3) is 0.938. The van der Waals surface area contributed by atoms with Crippen molar-refractivity contribution in [3.63, 3.8) is 0 Å². The summed E-state index contributed by atoms with van der Waals surface area (Å²) in [4.78, 5) is 4.22. The average Bonchev–Trinajstić information content (AvgIpc) is 2.51. The number of nitrogens with one attached hydrogen (secondary N) is 3. The molecule has 7 heteroatoms. The van der Waals surface area contributed by atoms with E-state index in [1.165, 1.54) is 51.2 Å². The van der Waals surface area contributed by atoms with Crippen molar-refractivity contribution in [3.8, 4) is 0 Å². The van der Waals surface area contributed by atoms with Gasteiger partial charge in [-0.2, -0.15) is 0 Å². The van der Waals surface area contributed by atoms with Gasteiger partial charge in [0.05, 0.1) is 6.26 Å². The molecule has 1 rings (SSSR count). The van der Waals surface area contributed by atoms with Crippen LogP contribution in [0.1, 0.15) is 58.3 Å². The lowest BCUT2D eigenvalue weighted by atomic mass is 9.85. The Hall–Kier alpha value is -0.820. The van der Waals surface area contributed by atoms with Crippen LogP contribution >= 0.6 is 0 Å². The van der Waals surface area contributed by atoms with Crippen molar-refractivity contribution in [2.45, 2.75) is 64.3 Å². The predicted octanol–water partition coefficient (Wildman–Crippen LogP) is 1.84. The van der Waals surface area contributed by atoms with Crippen molar-refractivity contribution in [1.29, 1.82) is 0 Å². The van der Waals surface area contributed by atoms with Crippen LogP contribution in [0.5, 0.6) is 0 Å². The second-order valence-corrected chi connectivity index (χ2v) is 8.48. The van der Waals surface area contributed by atoms with Crippen LogP contribution in [0.2, 0.25) is 0 Å². The van der Waals surface area contributed by atoms with E-state index in [2.05, 4.69) is 27.3 Å². The lowest BCUT2D eigenvalue weighted by molar-refractivity contribution is 0.322. The molecule has 1 aliphatic rings. The number of guanidine groups is 1. The number of nitrogens with zero attached hydrogens (tertiary/aromatic N) is 1. The van der Waals surface area contributed by atoms with Crippen LogP contribution in [-0.2, 0) is 10.0 Å². The van der Waals surface area contributed by atoms with Gasteiger partial charge in [0.15, 0.2) is 5.96 Å². The Bertz CT molecular complexity index is 445. The fourth-order valence-electron chi connectivity index (χ4n) is 3.01. The molecule has 136 valence electrons. The first-order chi connectivity index (χ1) is 10.9. The van der Waals surface area contributed by atoms with E-state index in [-0.39, 0.29) is 0 Å². The number of rotatable bonds is 9. The molecule has 0 aromatic rings. The van der Waals surface area contributed by atoms with E-state index in [4.69, 9.17) is 0 Å². The SMILES string of the molecule is CN=C(NCCCNS(C)(=O)=O)NC(C)CCC1CCCCC1. The minimum atomic E-state index is -3.09. The molecule has 0 aromatic heterocycles. The zero-order valence-corrected chi connectivity index (χ0v) is 15.7. The van der Waals surface area contributed by atoms with Gasteiger partial charge in [0.2, 0.25) is 10.0 Å². The van der Waals surface area contributed by atoms with Gasteiger partial charge in [-0.1, -0.05) is 32.1 Å². The summed E-state index contributed by atoms with van der Waals surface area (Å²) in [5, 5.41) is 6.64. The quantitative estimate of drug-likeness (QED) is 0.338. The van der Waals surface area contributed by atoms with Gasteiger partial charge in [0.25, 0.3) is 0 Å². The highest BCUT2D eigenvalue weighted by molar-refractivity contribution is 7.88. The Morgan fingerprint density at radius 2 is 1.91 bits per heavy atom. The van der Waals surface area contributed by atoms with Crippen molar-refractivity contribution in [3.05, 3.63) is 0 Å². The van der Waals surface area contributed by atoms with E-state index < -0.39 is 10.0 Å². The first kappa shape index (κ1) is 20.2. The molecule has 1 fully saturated rings. The van der Waals surface area contributed by atoms with Gasteiger partial charge in [-0.05, 0) is 32.1 Å². The van der Waals surface area contributed by atoms with Gasteiger partial charge in [-0.25, -0.2) is 13.1 Å². The summed E-state index contributed by atoms with van der Waals surface area (Å²) in [5.74, 6) is 1.70. The summed E-state index contributed by atoms with van der Waals surface area (Å²) in [6, 6.07) is 0.400. The van der Waals surface area contributed by atoms with Gasteiger partial charge >= 0.3 is 0 Å². The molecule has 6 nitrogen and oxygen atoms in total. The molecule has 1 unspecified atom stereocenters. The Labute approximate surface area is 142 Å². The van der Waals surface area contributed by atoms with Crippen LogP contribution in [0, 0.1) is 5.92 Å². The van der Waals surface area contributed by atoms with E-state index in [1.54, 1.807) is 7.05 Å². The molecule has 0 amide bonds. The monoisotopic (exact) mass is 346 g/mol. The molecule has 0 saturated heterocycles. The van der Waals surface area contributed by atoms with Crippen LogP contribution < -0.4 is 15.4 Å². The van der Waals surface area contributed by atoms with Crippen molar-refractivity contribution in [2.24, 2.45) is 10.9 Å². The second kappa shape index (κ2) is 10.9. The Morgan fingerprint density at radius 3 is 2.52 bits per heavy atom. The van der Waals surface area contributed by atoms with E-state index >= 15 is 0 Å². The van der Waals surface area contributed by atoms with Crippen molar-refractivity contribution in [1.82, 2.24) is 15.4 Å². The molecule has 0 spiro atoms. The summed E-state index contributed by atoms with van der Waals surface area (Å²) in [7, 11) is -1.33. The van der Waals surface area contributed by atoms with E-state index in [0.717, 1.165) is 18.3 Å². The normalized spacial score (nSPS) is 18.7. The third kappa shape index (κ3) is 10.5. The summed E-state index contributed by atoms with van der Waals surface area (Å²) in [6.07, 6.45) is 11.4. The summed E-state index contributed by atoms with van der Waals surface area (Å²) in [6.45, 7) is 3.33. The average molecular weight is 347 g/mol. The third-order valence-electron chi connectivity index (χ3n) is 4.35. The Morgan fingerprint density at radius 1 is 1.22 bits per heavy atom. The van der Waals surface area contributed by atoms with Crippen molar-refractivity contribution < 1.29 is 8.42 Å². The van der Waals surface area contributed by atoms with Crippen LogP contribution in [0.4, 0.5) is 0 Å². The highest BCUT2D eigenvalue weighted by Gasteiger charge is 2.14. The van der Waals surface area contributed by atoms with Crippen molar-refractivity contribution in [2.75, 3.05) is 26.4 Å². The van der Waals surface area contributed by atoms with Crippen LogP contribution in [0.3, 0.4) is 0 Å². The molecule has 1 atom stereocenters. The Balaban J connectivity index is 2.14. The van der Waals surface area contributed by atoms with Crippen LogP contribution in [-0.4, -0.2) is 46.8 Å². The van der Waals surface area contributed by atoms with Gasteiger partial charge in [0.1, 0.15) is 0 Å². The maximum absolute atomic E-state index is 11.0. The number of hydrogen-bond donors (Lipinski definition) is 3. The molecular weight excluding hydrogens is 312 g/mol. The molecular formula is C16H34N4O2S. The van der Waals surface area contributed by atoms with Gasteiger partial charge < -0.3 is 10.6 Å². The zero-order valence-electron chi connectivity index (χ0n) is 14.9. The summed E-state index contributed by atoms with van der Waals surface area (Å²) >= 11 is 0. The third-order valence-corrected chi connectivity index (χ3v) is 5.08. The zero-order chi connectivity index (χ0) is 17.1. The topological polar surface area (TPSA) is 82.6 Å². The summed E-state index contributed by atoms with van der Waals surface area (Å²) in [5.41, 5.74) is 0. The van der Waals surface area contributed by atoms with Gasteiger partial charge in [-0.15, -0.1) is 0 Å². The number of aliphatic imine (C=N–C) groups is 1. The first-order valence-corrected chi connectivity index (χ1v) is 10.7. The maximum atomic E-state index is 11.0. The molecule has 3 N–H and O–H groups in total. The molecule has 0 aromatic carbocycles. The highest BCUT2D eigenvalue weighted by atomic mass is 32.2. The van der Waals surface area contributed by atoms with Crippen LogP contribution in [0.15, 0.2) is 4.99 Å². The number of sulfonamides is 1. The Kier molecular flexibility index (Phi) is 9.55. The second-order valence-electron chi connectivity index (χ2n) is 6.65. The first-order valence-electron chi connectivity index (χ1n) is 8.82. The van der Waals surface area contributed by atoms with Crippen molar-refractivity contribution >= 4 is 16.0 Å². The molecule has 1 saturated carbocycles. The molecule has 1 aliphatic carbocycles.